The number of carboxylic acids is 1. The summed E-state index contributed by atoms with van der Waals surface area (Å²) < 4.78 is 26.9. The number of ether oxygens (including phenoxy) is 2. The number of carboxylic acid groups (broad SMARTS) is 1. The van der Waals surface area contributed by atoms with E-state index in [0.717, 1.165) is 5.56 Å². The molecular formula is C40H67N5O11Si2. The number of aliphatic hydroxyl groups excluding tert-OH is 1. The number of nitrogens with zero attached hydrogens (tertiary/aromatic N) is 1. The van der Waals surface area contributed by atoms with Gasteiger partial charge < -0.3 is 44.5 Å². The average Bonchev–Trinajstić information content (AvgIpc) is 3.43. The Balaban J connectivity index is 1.81. The highest BCUT2D eigenvalue weighted by Crippen LogP contribution is 2.46. The predicted octanol–water partition coefficient (Wildman–Crippen LogP) is 4.47. The molecule has 1 aromatic carbocycles. The zero-order valence-electron chi connectivity index (χ0n) is 36.2. The van der Waals surface area contributed by atoms with E-state index in [2.05, 4.69) is 41.7 Å². The third kappa shape index (κ3) is 13.2. The highest BCUT2D eigenvalue weighted by molar-refractivity contribution is 6.74. The summed E-state index contributed by atoms with van der Waals surface area (Å²) in [5.41, 5.74) is -0.556. The molecule has 3 rings (SSSR count). The molecule has 2 amide bonds. The van der Waals surface area contributed by atoms with Crippen molar-refractivity contribution in [3.05, 3.63) is 69.0 Å². The van der Waals surface area contributed by atoms with E-state index in [9.17, 15) is 34.2 Å². The van der Waals surface area contributed by atoms with Crippen molar-refractivity contribution in [3.63, 3.8) is 0 Å². The number of hydrogen-bond acceptors (Lipinski definition) is 11. The summed E-state index contributed by atoms with van der Waals surface area (Å²) >= 11 is 0. The summed E-state index contributed by atoms with van der Waals surface area (Å²) in [5, 5.41) is 30.1. The minimum absolute atomic E-state index is 0.0522. The van der Waals surface area contributed by atoms with E-state index in [-0.39, 0.29) is 42.1 Å². The van der Waals surface area contributed by atoms with Gasteiger partial charge in [-0.05, 0) is 67.1 Å². The Labute approximate surface area is 344 Å². The summed E-state index contributed by atoms with van der Waals surface area (Å²) in [4.78, 5) is 66.0. The van der Waals surface area contributed by atoms with Crippen LogP contribution in [-0.4, -0.2) is 104 Å². The molecule has 0 spiro atoms. The van der Waals surface area contributed by atoms with Crippen LogP contribution in [0.5, 0.6) is 0 Å². The van der Waals surface area contributed by atoms with Gasteiger partial charge in [-0.15, -0.1) is 0 Å². The van der Waals surface area contributed by atoms with E-state index in [1.54, 1.807) is 0 Å². The van der Waals surface area contributed by atoms with E-state index in [1.165, 1.54) is 16.8 Å². The van der Waals surface area contributed by atoms with Crippen LogP contribution in [0.1, 0.15) is 80.0 Å². The van der Waals surface area contributed by atoms with Gasteiger partial charge in [-0.3, -0.25) is 23.9 Å². The van der Waals surface area contributed by atoms with Crippen LogP contribution in [0.2, 0.25) is 36.3 Å². The van der Waals surface area contributed by atoms with Gasteiger partial charge in [0.2, 0.25) is 5.91 Å². The van der Waals surface area contributed by atoms with Crippen molar-refractivity contribution >= 4 is 34.6 Å². The molecule has 0 saturated carbocycles. The maximum Gasteiger partial charge on any atom is 0.408 e. The fourth-order valence-electron chi connectivity index (χ4n) is 5.92. The van der Waals surface area contributed by atoms with Crippen molar-refractivity contribution < 1.29 is 42.9 Å². The number of nitrogens with one attached hydrogen (secondary N) is 4. The first-order chi connectivity index (χ1) is 26.8. The van der Waals surface area contributed by atoms with Crippen LogP contribution in [0, 0.1) is 5.92 Å². The molecule has 7 atom stereocenters. The van der Waals surface area contributed by atoms with Crippen LogP contribution in [0.25, 0.3) is 0 Å². The molecule has 1 fully saturated rings. The number of aromatic amines is 1. The van der Waals surface area contributed by atoms with Crippen molar-refractivity contribution in [2.45, 2.75) is 154 Å². The largest absolute Gasteiger partial charge is 0.480 e. The third-order valence-electron chi connectivity index (χ3n) is 11.3. The zero-order valence-corrected chi connectivity index (χ0v) is 38.2. The molecule has 326 valence electrons. The standard InChI is InChI=1S/C40H67N5O11Si2/c1-25(2)23-27(43-38(52)53-24-26-17-14-13-15-18-26)34(48)42-21-16-20-41-29(36(49)50)30(47)31-32(55-57(9,10)39(3,4)5)33(56-58(11,12)40(6,7)8)35(54-31)45-22-19-28(46)44-37(45)51/h13-15,17-19,22,25,27,29-33,35,41,47H,16,20-21,23-24H2,1-12H3,(H,42,48)(H,43,52)(H,49,50)(H,44,46,51)/t27-,29-,30+,31?,32+,33+,35+/m0/s1. The number of carbonyl (C=O) groups is 3. The SMILES string of the molecule is CC(C)C[C@H](NC(=O)OCc1ccccc1)C(=O)NCCCN[C@H](C(=O)O)[C@@H](O)C1O[C@@H](n2ccc(=O)[nH]c2=O)[C@H](O[Si](C)(C)C(C)(C)C)[C@@H]1O[Si](C)(C)C(C)(C)C. The Kier molecular flexibility index (Phi) is 16.9. The molecule has 1 aromatic heterocycles. The molecule has 16 nitrogen and oxygen atoms in total. The number of H-pyrrole nitrogens is 1. The second-order valence-corrected chi connectivity index (χ2v) is 28.0. The molecule has 2 heterocycles. The summed E-state index contributed by atoms with van der Waals surface area (Å²) in [6.07, 6.45) is -4.93. The summed E-state index contributed by atoms with van der Waals surface area (Å²) in [7, 11) is -5.32. The first-order valence-corrected chi connectivity index (χ1v) is 25.8. The van der Waals surface area contributed by atoms with Gasteiger partial charge in [-0.1, -0.05) is 85.7 Å². The van der Waals surface area contributed by atoms with Gasteiger partial charge in [0.05, 0.1) is 0 Å². The number of hydrogen-bond donors (Lipinski definition) is 6. The lowest BCUT2D eigenvalue weighted by Crippen LogP contribution is -2.58. The van der Waals surface area contributed by atoms with Gasteiger partial charge >= 0.3 is 17.8 Å². The van der Waals surface area contributed by atoms with Crippen LogP contribution >= 0.6 is 0 Å². The van der Waals surface area contributed by atoms with Gasteiger partial charge in [0.1, 0.15) is 43.1 Å². The van der Waals surface area contributed by atoms with Crippen molar-refractivity contribution in [1.82, 2.24) is 25.5 Å². The third-order valence-corrected chi connectivity index (χ3v) is 20.3. The highest BCUT2D eigenvalue weighted by Gasteiger charge is 2.57. The van der Waals surface area contributed by atoms with Crippen LogP contribution in [0.3, 0.4) is 0 Å². The Morgan fingerprint density at radius 3 is 2.03 bits per heavy atom. The molecule has 2 aromatic rings. The van der Waals surface area contributed by atoms with E-state index < -0.39 is 88.6 Å². The molecule has 1 unspecified atom stereocenters. The van der Waals surface area contributed by atoms with E-state index >= 15 is 0 Å². The van der Waals surface area contributed by atoms with Crippen molar-refractivity contribution in [3.8, 4) is 0 Å². The normalized spacial score (nSPS) is 20.7. The number of aromatic nitrogens is 2. The van der Waals surface area contributed by atoms with E-state index in [0.29, 0.717) is 6.42 Å². The maximum atomic E-state index is 13.2. The smallest absolute Gasteiger partial charge is 0.408 e. The molecule has 0 bridgehead atoms. The Bertz CT molecular complexity index is 1790. The molecule has 58 heavy (non-hydrogen) atoms. The van der Waals surface area contributed by atoms with Crippen LogP contribution in [0.4, 0.5) is 4.79 Å². The maximum absolute atomic E-state index is 13.2. The van der Waals surface area contributed by atoms with Gasteiger partial charge in [0.15, 0.2) is 22.9 Å². The topological polar surface area (TPSA) is 220 Å². The number of rotatable bonds is 19. The van der Waals surface area contributed by atoms with Crippen molar-refractivity contribution in [2.24, 2.45) is 5.92 Å². The Morgan fingerprint density at radius 1 is 0.914 bits per heavy atom. The summed E-state index contributed by atoms with van der Waals surface area (Å²) in [6, 6.07) is 7.94. The van der Waals surface area contributed by atoms with Crippen LogP contribution < -0.4 is 27.2 Å². The molecule has 1 aliphatic heterocycles. The lowest BCUT2D eigenvalue weighted by molar-refractivity contribution is -0.149. The fraction of sp³-hybridized carbons (Fsp3) is 0.675. The van der Waals surface area contributed by atoms with Crippen LogP contribution in [-0.2, 0) is 34.5 Å². The second-order valence-electron chi connectivity index (χ2n) is 18.5. The number of benzene rings is 1. The monoisotopic (exact) mass is 849 g/mol. The van der Waals surface area contributed by atoms with E-state index in [1.807, 2.05) is 91.1 Å². The molecular weight excluding hydrogens is 783 g/mol. The lowest BCUT2D eigenvalue weighted by atomic mass is 9.99. The molecule has 6 N–H and O–H groups in total. The second kappa shape index (κ2) is 20.1. The Morgan fingerprint density at radius 2 is 1.50 bits per heavy atom. The first-order valence-electron chi connectivity index (χ1n) is 20.0. The number of amides is 2. The number of aliphatic carboxylic acids is 1. The number of aliphatic hydroxyl groups is 1. The molecule has 18 heteroatoms. The molecule has 1 saturated heterocycles. The predicted molar refractivity (Wildman–Crippen MR) is 225 cm³/mol. The van der Waals surface area contributed by atoms with Gasteiger partial charge in [0.25, 0.3) is 5.56 Å². The number of alkyl carbamates (subject to hydrolysis) is 1. The molecule has 0 radical (unpaired) electrons. The summed E-state index contributed by atoms with van der Waals surface area (Å²) in [5.74, 6) is -1.68. The van der Waals surface area contributed by atoms with Crippen LogP contribution in [0.15, 0.2) is 52.2 Å². The minimum Gasteiger partial charge on any atom is -0.480 e. The zero-order chi connectivity index (χ0) is 43.8. The fourth-order valence-corrected chi connectivity index (χ4v) is 8.51. The minimum atomic E-state index is -2.68. The van der Waals surface area contributed by atoms with Crippen molar-refractivity contribution in [2.75, 3.05) is 13.1 Å². The van der Waals surface area contributed by atoms with Gasteiger partial charge in [-0.2, -0.15) is 0 Å². The quantitative estimate of drug-likeness (QED) is 0.0853. The Hall–Kier alpha value is -3.66. The molecule has 0 aliphatic carbocycles. The van der Waals surface area contributed by atoms with Gasteiger partial charge in [-0.25, -0.2) is 9.59 Å². The first kappa shape index (κ1) is 48.7. The summed E-state index contributed by atoms with van der Waals surface area (Å²) in [6.45, 7) is 24.6. The highest BCUT2D eigenvalue weighted by atomic mass is 28.4. The number of carbonyl (C=O) groups excluding carboxylic acids is 2. The molecule has 1 aliphatic rings. The van der Waals surface area contributed by atoms with Crippen molar-refractivity contribution in [1.29, 1.82) is 0 Å². The van der Waals surface area contributed by atoms with Gasteiger partial charge in [0, 0.05) is 18.8 Å². The van der Waals surface area contributed by atoms with E-state index in [4.69, 9.17) is 18.3 Å². The average molecular weight is 850 g/mol. The lowest BCUT2D eigenvalue weighted by Gasteiger charge is -2.44.